The lowest BCUT2D eigenvalue weighted by molar-refractivity contribution is -0.133. The van der Waals surface area contributed by atoms with Crippen LogP contribution in [0.25, 0.3) is 11.3 Å². The Morgan fingerprint density at radius 1 is 1.14 bits per heavy atom. The Hall–Kier alpha value is -3.73. The van der Waals surface area contributed by atoms with Crippen LogP contribution in [0.2, 0.25) is 0 Å². The van der Waals surface area contributed by atoms with Crippen LogP contribution in [0.15, 0.2) is 36.5 Å². The van der Waals surface area contributed by atoms with Gasteiger partial charge >= 0.3 is 0 Å². The van der Waals surface area contributed by atoms with Gasteiger partial charge in [-0.2, -0.15) is 0 Å². The topological polar surface area (TPSA) is 79.4 Å². The highest BCUT2D eigenvalue weighted by molar-refractivity contribution is 6.01. The molecule has 2 aliphatic heterocycles. The minimum absolute atomic E-state index is 0.00302. The van der Waals surface area contributed by atoms with Gasteiger partial charge in [0.1, 0.15) is 5.69 Å². The molecule has 0 saturated carbocycles. The lowest BCUT2D eigenvalue weighted by Crippen LogP contribution is -2.52. The number of anilines is 3. The number of carbonyl (C=O) groups is 1. The molecule has 0 spiro atoms. The molecule has 0 radical (unpaired) electrons. The van der Waals surface area contributed by atoms with Gasteiger partial charge < -0.3 is 20.3 Å². The molecule has 5 rings (SSSR count). The molecule has 7 nitrogen and oxygen atoms in total. The van der Waals surface area contributed by atoms with Crippen LogP contribution in [0.1, 0.15) is 25.0 Å². The molecule has 188 valence electrons. The molecule has 0 bridgehead atoms. The first-order valence-electron chi connectivity index (χ1n) is 11.5. The van der Waals surface area contributed by atoms with Gasteiger partial charge in [-0.05, 0) is 62.2 Å². The number of rotatable bonds is 5. The summed E-state index contributed by atoms with van der Waals surface area (Å²) in [6, 6.07) is 7.49. The molecule has 11 heteroatoms. The summed E-state index contributed by atoms with van der Waals surface area (Å²) < 4.78 is 61.6. The van der Waals surface area contributed by atoms with Gasteiger partial charge in [0.25, 0.3) is 12.3 Å². The Morgan fingerprint density at radius 3 is 2.69 bits per heavy atom. The van der Waals surface area contributed by atoms with E-state index in [1.54, 1.807) is 13.8 Å². The highest BCUT2D eigenvalue weighted by atomic mass is 19.3. The van der Waals surface area contributed by atoms with E-state index in [0.717, 1.165) is 36.7 Å². The van der Waals surface area contributed by atoms with Crippen molar-refractivity contribution in [1.82, 2.24) is 15.3 Å². The van der Waals surface area contributed by atoms with E-state index in [-0.39, 0.29) is 22.9 Å². The summed E-state index contributed by atoms with van der Waals surface area (Å²) >= 11 is 0. The van der Waals surface area contributed by atoms with Crippen LogP contribution in [0.3, 0.4) is 0 Å². The van der Waals surface area contributed by atoms with E-state index in [1.807, 2.05) is 18.2 Å². The highest BCUT2D eigenvalue weighted by Gasteiger charge is 2.42. The van der Waals surface area contributed by atoms with Gasteiger partial charge in [-0.15, -0.1) is 0 Å². The molecular weight excluding hydrogens is 478 g/mol. The fourth-order valence-corrected chi connectivity index (χ4v) is 4.45. The molecule has 1 unspecified atom stereocenters. The van der Waals surface area contributed by atoms with Crippen LogP contribution in [0.5, 0.6) is 5.75 Å². The molecule has 1 aromatic heterocycles. The van der Waals surface area contributed by atoms with Crippen LogP contribution < -0.4 is 20.3 Å². The molecule has 36 heavy (non-hydrogen) atoms. The number of carbonyl (C=O) groups excluding carboxylic acids is 1. The van der Waals surface area contributed by atoms with Crippen LogP contribution in [-0.2, 0) is 17.8 Å². The van der Waals surface area contributed by atoms with E-state index in [1.165, 1.54) is 17.2 Å². The number of hydrogen-bond donors (Lipinski definition) is 2. The Morgan fingerprint density at radius 2 is 1.94 bits per heavy atom. The number of hydrogen-bond acceptors (Lipinski definition) is 6. The average Bonchev–Trinajstić information content (AvgIpc) is 2.84. The molecule has 1 atom stereocenters. The summed E-state index contributed by atoms with van der Waals surface area (Å²) in [4.78, 5) is 21.9. The quantitative estimate of drug-likeness (QED) is 0.499. The lowest BCUT2D eigenvalue weighted by Gasteiger charge is -2.36. The zero-order valence-corrected chi connectivity index (χ0v) is 19.5. The summed E-state index contributed by atoms with van der Waals surface area (Å²) in [5.41, 5.74) is 2.80. The van der Waals surface area contributed by atoms with Crippen molar-refractivity contribution in [2.45, 2.75) is 45.4 Å². The van der Waals surface area contributed by atoms with Gasteiger partial charge in [0, 0.05) is 23.8 Å². The average molecular weight is 501 g/mol. The van der Waals surface area contributed by atoms with Crippen LogP contribution in [0, 0.1) is 11.6 Å². The second kappa shape index (κ2) is 9.38. The van der Waals surface area contributed by atoms with E-state index < -0.39 is 41.9 Å². The predicted molar refractivity (Wildman–Crippen MR) is 126 cm³/mol. The van der Waals surface area contributed by atoms with E-state index in [2.05, 4.69) is 20.6 Å². The van der Waals surface area contributed by atoms with E-state index in [0.29, 0.717) is 5.69 Å². The summed E-state index contributed by atoms with van der Waals surface area (Å²) in [6.07, 6.45) is -3.44. The van der Waals surface area contributed by atoms with Gasteiger partial charge in [-0.3, -0.25) is 4.79 Å². The Labute approximate surface area is 204 Å². The Kier molecular flexibility index (Phi) is 6.25. The van der Waals surface area contributed by atoms with Crippen molar-refractivity contribution in [3.63, 3.8) is 0 Å². The summed E-state index contributed by atoms with van der Waals surface area (Å²) in [7, 11) is 0. The molecular formula is C25H23F4N5O2. The SMILES string of the molecule is CC(C)N1C(=O)C(C(F)F)Oc2c(F)cc(-c3nc(Nc4ccc5c(c4)CCNC5)ncc3F)cc21. The van der Waals surface area contributed by atoms with Gasteiger partial charge in [0.05, 0.1) is 11.9 Å². The van der Waals surface area contributed by atoms with Gasteiger partial charge in [0.2, 0.25) is 12.1 Å². The second-order valence-electron chi connectivity index (χ2n) is 8.91. The molecule has 0 saturated heterocycles. The molecule has 2 aliphatic rings. The van der Waals surface area contributed by atoms with Crippen molar-refractivity contribution in [2.24, 2.45) is 0 Å². The first-order chi connectivity index (χ1) is 17.2. The number of aromatic nitrogens is 2. The fourth-order valence-electron chi connectivity index (χ4n) is 4.45. The monoisotopic (exact) mass is 501 g/mol. The van der Waals surface area contributed by atoms with Gasteiger partial charge in [-0.25, -0.2) is 27.5 Å². The minimum atomic E-state index is -3.14. The highest BCUT2D eigenvalue weighted by Crippen LogP contribution is 2.42. The number of amides is 1. The third-order valence-corrected chi connectivity index (χ3v) is 6.12. The van der Waals surface area contributed by atoms with E-state index in [4.69, 9.17) is 4.74 Å². The van der Waals surface area contributed by atoms with Gasteiger partial charge in [-0.1, -0.05) is 6.07 Å². The van der Waals surface area contributed by atoms with Crippen LogP contribution in [-0.4, -0.2) is 41.0 Å². The normalized spacial score (nSPS) is 17.2. The lowest BCUT2D eigenvalue weighted by atomic mass is 10.0. The van der Waals surface area contributed by atoms with Gasteiger partial charge in [0.15, 0.2) is 17.4 Å². The predicted octanol–water partition coefficient (Wildman–Crippen LogP) is 4.58. The molecule has 1 amide bonds. The molecule has 0 aliphatic carbocycles. The summed E-state index contributed by atoms with van der Waals surface area (Å²) in [5.74, 6) is -3.24. The van der Waals surface area contributed by atoms with E-state index in [9.17, 15) is 18.0 Å². The maximum absolute atomic E-state index is 15.1. The van der Waals surface area contributed by atoms with Crippen molar-refractivity contribution in [3.8, 4) is 17.0 Å². The number of nitrogens with one attached hydrogen (secondary N) is 2. The van der Waals surface area contributed by atoms with Crippen molar-refractivity contribution in [2.75, 3.05) is 16.8 Å². The first-order valence-corrected chi connectivity index (χ1v) is 11.5. The smallest absolute Gasteiger partial charge is 0.283 e. The van der Waals surface area contributed by atoms with Crippen molar-refractivity contribution < 1.29 is 27.1 Å². The molecule has 3 aromatic rings. The molecule has 3 heterocycles. The third-order valence-electron chi connectivity index (χ3n) is 6.12. The zero-order chi connectivity index (χ0) is 25.6. The van der Waals surface area contributed by atoms with Crippen LogP contribution in [0.4, 0.5) is 34.9 Å². The van der Waals surface area contributed by atoms with Crippen LogP contribution >= 0.6 is 0 Å². The number of nitrogens with zero attached hydrogens (tertiary/aromatic N) is 3. The molecule has 0 fully saturated rings. The zero-order valence-electron chi connectivity index (χ0n) is 19.5. The maximum Gasteiger partial charge on any atom is 0.283 e. The van der Waals surface area contributed by atoms with Crippen molar-refractivity contribution in [1.29, 1.82) is 0 Å². The number of benzene rings is 2. The maximum atomic E-state index is 15.1. The Balaban J connectivity index is 1.52. The van der Waals surface area contributed by atoms with Crippen molar-refractivity contribution >= 4 is 23.2 Å². The largest absolute Gasteiger partial charge is 0.469 e. The standard InChI is InChI=1S/C25H23F4N5O2/c1-12(2)34-19-9-15(8-17(26)21(19)36-22(23(28)29)24(34)35)20-18(27)11-31-25(33-20)32-16-4-3-14-10-30-6-5-13(14)7-16/h3-4,7-9,11-12,22-23,30H,5-6,10H2,1-2H3,(H,31,32,33). The number of ether oxygens (including phenoxy) is 1. The number of fused-ring (bicyclic) bond motifs is 2. The second-order valence-corrected chi connectivity index (χ2v) is 8.91. The number of halogens is 4. The Bertz CT molecular complexity index is 1330. The fraction of sp³-hybridized carbons (Fsp3) is 0.320. The summed E-state index contributed by atoms with van der Waals surface area (Å²) in [6.45, 7) is 4.85. The summed E-state index contributed by atoms with van der Waals surface area (Å²) in [5, 5.41) is 6.35. The molecule has 2 aromatic carbocycles. The number of alkyl halides is 2. The first kappa shape index (κ1) is 24.0. The third kappa shape index (κ3) is 4.34. The molecule has 2 N–H and O–H groups in total. The van der Waals surface area contributed by atoms with E-state index >= 15 is 4.39 Å². The van der Waals surface area contributed by atoms with Crippen molar-refractivity contribution in [3.05, 3.63) is 59.3 Å². The minimum Gasteiger partial charge on any atom is -0.469 e.